The average Bonchev–Trinajstić information content (AvgIpc) is 3.37. The molecule has 0 saturated carbocycles. The molecule has 1 aliphatic rings. The molecule has 1 saturated heterocycles. The number of nitrogens with one attached hydrogen (secondary N) is 1. The largest absolute Gasteiger partial charge is 0.370 e. The Bertz CT molecular complexity index is 1490. The van der Waals surface area contributed by atoms with Gasteiger partial charge in [0, 0.05) is 29.2 Å². The Morgan fingerprint density at radius 3 is 2.71 bits per heavy atom. The minimum atomic E-state index is -4.07. The second kappa shape index (κ2) is 11.9. The number of nitrogens with zero attached hydrogens (tertiary/aromatic N) is 3. The highest BCUT2D eigenvalue weighted by molar-refractivity contribution is 7.89. The van der Waals surface area contributed by atoms with Crippen LogP contribution < -0.4 is 16.8 Å². The molecule has 0 unspecified atom stereocenters. The first-order chi connectivity index (χ1) is 18.1. The molecule has 9 nitrogen and oxygen atoms in total. The standard InChI is InChI=1S/C26H30Cl2N6O3S/c1-16-7-8-17-4-2-5-18(24(17)33-16)9-10-19-20(27)11-12-22(23(19)28)38(36,37)34-15-3-6-21(34)25(35)31-13-14-32-26(29)30/h2,4-5,7-8,11-12,21H,3,6,9-10,13-15H2,1H3,(H,31,35)(H4,29,30,32)/t21-/m0/s1. The van der Waals surface area contributed by atoms with Crippen LogP contribution in [0.15, 0.2) is 52.4 Å². The number of halogens is 2. The number of sulfonamides is 1. The Balaban J connectivity index is 1.56. The van der Waals surface area contributed by atoms with E-state index in [2.05, 4.69) is 15.3 Å². The van der Waals surface area contributed by atoms with Gasteiger partial charge in [-0.1, -0.05) is 47.5 Å². The fraction of sp³-hybridized carbons (Fsp3) is 0.346. The monoisotopic (exact) mass is 576 g/mol. The Morgan fingerprint density at radius 2 is 1.95 bits per heavy atom. The van der Waals surface area contributed by atoms with E-state index in [0.29, 0.717) is 36.3 Å². The van der Waals surface area contributed by atoms with Crippen molar-refractivity contribution < 1.29 is 13.2 Å². The van der Waals surface area contributed by atoms with Gasteiger partial charge in [0.15, 0.2) is 5.96 Å². The lowest BCUT2D eigenvalue weighted by Gasteiger charge is -2.24. The molecule has 2 aromatic carbocycles. The Labute approximate surface area is 232 Å². The Hall–Kier alpha value is -2.92. The molecule has 3 aromatic rings. The summed E-state index contributed by atoms with van der Waals surface area (Å²) in [6, 6.07) is 12.1. The molecule has 1 fully saturated rings. The third-order valence-electron chi connectivity index (χ3n) is 6.54. The second-order valence-electron chi connectivity index (χ2n) is 9.15. The number of nitrogens with two attached hydrogens (primary N) is 2. The van der Waals surface area contributed by atoms with E-state index in [4.69, 9.17) is 34.7 Å². The highest BCUT2D eigenvalue weighted by Gasteiger charge is 2.40. The fourth-order valence-electron chi connectivity index (χ4n) is 4.67. The molecular weight excluding hydrogens is 547 g/mol. The van der Waals surface area contributed by atoms with E-state index >= 15 is 0 Å². The Kier molecular flexibility index (Phi) is 8.77. The topological polar surface area (TPSA) is 144 Å². The smallest absolute Gasteiger partial charge is 0.245 e. The predicted octanol–water partition coefficient (Wildman–Crippen LogP) is 3.18. The number of guanidine groups is 1. The van der Waals surface area contributed by atoms with Crippen LogP contribution in [-0.4, -0.2) is 55.2 Å². The first-order valence-corrected chi connectivity index (χ1v) is 14.5. The molecule has 0 spiro atoms. The second-order valence-corrected chi connectivity index (χ2v) is 11.8. The zero-order chi connectivity index (χ0) is 27.4. The summed E-state index contributed by atoms with van der Waals surface area (Å²) in [6.45, 7) is 2.54. The third kappa shape index (κ3) is 6.04. The molecule has 0 aliphatic carbocycles. The van der Waals surface area contributed by atoms with Crippen LogP contribution in [-0.2, 0) is 27.7 Å². The van der Waals surface area contributed by atoms with Crippen LogP contribution in [0.5, 0.6) is 0 Å². The fourth-order valence-corrected chi connectivity index (χ4v) is 7.27. The number of aromatic nitrogens is 1. The van der Waals surface area contributed by atoms with Gasteiger partial charge < -0.3 is 16.8 Å². The van der Waals surface area contributed by atoms with Gasteiger partial charge in [0.1, 0.15) is 10.9 Å². The van der Waals surface area contributed by atoms with Crippen molar-refractivity contribution in [3.8, 4) is 0 Å². The van der Waals surface area contributed by atoms with Crippen molar-refractivity contribution in [1.29, 1.82) is 0 Å². The van der Waals surface area contributed by atoms with Gasteiger partial charge in [-0.3, -0.25) is 14.8 Å². The van der Waals surface area contributed by atoms with E-state index in [1.54, 1.807) is 6.07 Å². The minimum Gasteiger partial charge on any atom is -0.370 e. The summed E-state index contributed by atoms with van der Waals surface area (Å²) in [6.07, 6.45) is 1.95. The zero-order valence-electron chi connectivity index (χ0n) is 21.0. The molecule has 1 aromatic heterocycles. The molecule has 2 heterocycles. The average molecular weight is 578 g/mol. The van der Waals surface area contributed by atoms with Gasteiger partial charge in [-0.05, 0) is 61.9 Å². The minimum absolute atomic E-state index is 0.0642. The predicted molar refractivity (Wildman–Crippen MR) is 151 cm³/mol. The lowest BCUT2D eigenvalue weighted by atomic mass is 10.0. The number of carbonyl (C=O) groups is 1. The lowest BCUT2D eigenvalue weighted by Crippen LogP contribution is -2.46. The molecule has 1 atom stereocenters. The lowest BCUT2D eigenvalue weighted by molar-refractivity contribution is -0.124. The molecule has 0 radical (unpaired) electrons. The number of rotatable bonds is 9. The maximum Gasteiger partial charge on any atom is 0.245 e. The van der Waals surface area contributed by atoms with Gasteiger partial charge >= 0.3 is 0 Å². The SMILES string of the molecule is Cc1ccc2cccc(CCc3c(Cl)ccc(S(=O)(=O)N4CCC[C@H]4C(=O)NCCN=C(N)N)c3Cl)c2n1. The van der Waals surface area contributed by atoms with E-state index in [9.17, 15) is 13.2 Å². The van der Waals surface area contributed by atoms with Crippen molar-refractivity contribution >= 4 is 56.0 Å². The molecule has 38 heavy (non-hydrogen) atoms. The van der Waals surface area contributed by atoms with E-state index in [0.717, 1.165) is 22.2 Å². The molecular formula is C26H30Cl2N6O3S. The van der Waals surface area contributed by atoms with Crippen molar-refractivity contribution in [3.05, 3.63) is 69.3 Å². The highest BCUT2D eigenvalue weighted by atomic mass is 35.5. The van der Waals surface area contributed by atoms with Crippen LogP contribution in [0.1, 0.15) is 29.7 Å². The third-order valence-corrected chi connectivity index (χ3v) is 9.38. The van der Waals surface area contributed by atoms with Gasteiger partial charge in [0.25, 0.3) is 0 Å². The summed E-state index contributed by atoms with van der Waals surface area (Å²) in [4.78, 5) is 21.2. The molecule has 202 valence electrons. The van der Waals surface area contributed by atoms with Gasteiger partial charge in [0.05, 0.1) is 17.1 Å². The van der Waals surface area contributed by atoms with Crippen LogP contribution in [0, 0.1) is 6.92 Å². The van der Waals surface area contributed by atoms with Crippen LogP contribution in [0.25, 0.3) is 10.9 Å². The maximum atomic E-state index is 13.7. The summed E-state index contributed by atoms with van der Waals surface area (Å²) >= 11 is 13.2. The van der Waals surface area contributed by atoms with Gasteiger partial charge in [-0.15, -0.1) is 0 Å². The summed E-state index contributed by atoms with van der Waals surface area (Å²) in [7, 11) is -4.07. The van der Waals surface area contributed by atoms with Crippen molar-refractivity contribution in [3.63, 3.8) is 0 Å². The summed E-state index contributed by atoms with van der Waals surface area (Å²) in [5.74, 6) is -0.481. The van der Waals surface area contributed by atoms with Crippen molar-refractivity contribution in [2.45, 2.75) is 43.5 Å². The number of hydrogen-bond donors (Lipinski definition) is 3. The van der Waals surface area contributed by atoms with Gasteiger partial charge in [-0.2, -0.15) is 4.31 Å². The van der Waals surface area contributed by atoms with Gasteiger partial charge in [0.2, 0.25) is 15.9 Å². The molecule has 1 aliphatic heterocycles. The zero-order valence-corrected chi connectivity index (χ0v) is 23.3. The van der Waals surface area contributed by atoms with E-state index in [1.807, 2.05) is 37.3 Å². The first-order valence-electron chi connectivity index (χ1n) is 12.3. The normalized spacial score (nSPS) is 16.0. The summed E-state index contributed by atoms with van der Waals surface area (Å²) < 4.78 is 28.6. The molecule has 1 amide bonds. The number of amides is 1. The van der Waals surface area contributed by atoms with Crippen molar-refractivity contribution in [2.24, 2.45) is 16.5 Å². The van der Waals surface area contributed by atoms with Crippen molar-refractivity contribution in [1.82, 2.24) is 14.6 Å². The van der Waals surface area contributed by atoms with Gasteiger partial charge in [-0.25, -0.2) is 8.42 Å². The number of aryl methyl sites for hydroxylation is 2. The molecule has 12 heteroatoms. The number of carbonyl (C=O) groups excluding carboxylic acids is 1. The number of pyridine rings is 1. The summed E-state index contributed by atoms with van der Waals surface area (Å²) in [5, 5.41) is 4.18. The first kappa shape index (κ1) is 28.1. The number of fused-ring (bicyclic) bond motifs is 1. The van der Waals surface area contributed by atoms with Crippen molar-refractivity contribution in [2.75, 3.05) is 19.6 Å². The quantitative estimate of drug-likeness (QED) is 0.203. The number of benzene rings is 2. The van der Waals surface area contributed by atoms with Crippen LogP contribution in [0.3, 0.4) is 0 Å². The van der Waals surface area contributed by atoms with E-state index < -0.39 is 22.0 Å². The van der Waals surface area contributed by atoms with E-state index in [1.165, 1.54) is 10.4 Å². The van der Waals surface area contributed by atoms with Crippen LogP contribution in [0.4, 0.5) is 0 Å². The molecule has 0 bridgehead atoms. The van der Waals surface area contributed by atoms with Crippen LogP contribution >= 0.6 is 23.2 Å². The Morgan fingerprint density at radius 1 is 1.16 bits per heavy atom. The van der Waals surface area contributed by atoms with E-state index in [-0.39, 0.29) is 35.5 Å². The number of aliphatic imine (C=N–C) groups is 1. The molecule has 4 rings (SSSR count). The number of para-hydroxylation sites is 1. The summed E-state index contributed by atoms with van der Waals surface area (Å²) in [5.41, 5.74) is 14.0. The number of hydrogen-bond acceptors (Lipinski definition) is 5. The molecule has 5 N–H and O–H groups in total. The maximum absolute atomic E-state index is 13.7. The highest BCUT2D eigenvalue weighted by Crippen LogP contribution is 2.36. The van der Waals surface area contributed by atoms with Crippen LogP contribution in [0.2, 0.25) is 10.0 Å².